The van der Waals surface area contributed by atoms with Crippen LogP contribution in [0.25, 0.3) is 0 Å². The molecule has 0 bridgehead atoms. The van der Waals surface area contributed by atoms with E-state index < -0.39 is 12.7 Å². The number of hydrogen-bond donors (Lipinski definition) is 2. The van der Waals surface area contributed by atoms with Gasteiger partial charge in [0.15, 0.2) is 0 Å². The zero-order valence-corrected chi connectivity index (χ0v) is 11.4. The molecule has 0 saturated carbocycles. The van der Waals surface area contributed by atoms with Crippen molar-refractivity contribution in [3.8, 4) is 0 Å². The third-order valence-electron chi connectivity index (χ3n) is 2.21. The molecule has 18 heavy (non-hydrogen) atoms. The molecule has 0 fully saturated rings. The van der Waals surface area contributed by atoms with Crippen molar-refractivity contribution in [1.82, 2.24) is 10.6 Å². The van der Waals surface area contributed by atoms with Gasteiger partial charge in [-0.25, -0.2) is 0 Å². The highest BCUT2D eigenvalue weighted by Crippen LogP contribution is 2.11. The third kappa shape index (κ3) is 13.6. The summed E-state index contributed by atoms with van der Waals surface area (Å²) in [5.41, 5.74) is 0. The Kier molecular flexibility index (Phi) is 10.2. The molecule has 0 unspecified atom stereocenters. The van der Waals surface area contributed by atoms with Gasteiger partial charge in [-0.2, -0.15) is 24.9 Å². The van der Waals surface area contributed by atoms with Crippen molar-refractivity contribution in [1.29, 1.82) is 0 Å². The summed E-state index contributed by atoms with van der Waals surface area (Å²) >= 11 is 1.81. The second kappa shape index (κ2) is 10.5. The van der Waals surface area contributed by atoms with Crippen molar-refractivity contribution in [2.24, 2.45) is 0 Å². The van der Waals surface area contributed by atoms with E-state index in [0.717, 1.165) is 25.0 Å². The van der Waals surface area contributed by atoms with Crippen LogP contribution in [0.2, 0.25) is 0 Å². The predicted molar refractivity (Wildman–Crippen MR) is 68.8 cm³/mol. The highest BCUT2D eigenvalue weighted by Gasteiger charge is 2.26. The van der Waals surface area contributed by atoms with E-state index in [1.165, 1.54) is 6.42 Å². The molecule has 0 aliphatic heterocycles. The fraction of sp³-hybridized carbons (Fsp3) is 0.909. The number of unbranched alkanes of at least 4 members (excludes halogenated alkanes) is 3. The Balaban J connectivity index is 3.27. The molecule has 0 aliphatic rings. The Labute approximate surface area is 110 Å². The first-order valence-electron chi connectivity index (χ1n) is 5.99. The molecule has 3 nitrogen and oxygen atoms in total. The lowest BCUT2D eigenvalue weighted by atomic mass is 10.2. The van der Waals surface area contributed by atoms with Gasteiger partial charge in [-0.15, -0.1) is 0 Å². The van der Waals surface area contributed by atoms with Gasteiger partial charge in [-0.05, 0) is 24.9 Å². The first-order chi connectivity index (χ1) is 8.45. The lowest BCUT2D eigenvalue weighted by Gasteiger charge is -2.08. The molecule has 0 radical (unpaired) electrons. The number of alkyl halides is 3. The minimum atomic E-state index is -4.27. The van der Waals surface area contributed by atoms with Gasteiger partial charge in [0.2, 0.25) is 5.91 Å². The van der Waals surface area contributed by atoms with Crippen LogP contribution >= 0.6 is 11.8 Å². The third-order valence-corrected chi connectivity index (χ3v) is 2.91. The van der Waals surface area contributed by atoms with Crippen LogP contribution in [0.3, 0.4) is 0 Å². The molecule has 108 valence electrons. The van der Waals surface area contributed by atoms with Crippen molar-refractivity contribution in [3.05, 3.63) is 0 Å². The Bertz CT molecular complexity index is 225. The quantitative estimate of drug-likeness (QED) is 0.605. The maximum Gasteiger partial charge on any atom is 0.401 e. The van der Waals surface area contributed by atoms with E-state index in [9.17, 15) is 18.0 Å². The number of thioether (sulfide) groups is 1. The van der Waals surface area contributed by atoms with Crippen LogP contribution in [0.15, 0.2) is 0 Å². The predicted octanol–water partition coefficient (Wildman–Crippen LogP) is 2.18. The molecule has 7 heteroatoms. The number of carbonyl (C=O) groups is 1. The van der Waals surface area contributed by atoms with Crippen LogP contribution in [-0.4, -0.2) is 43.7 Å². The van der Waals surface area contributed by atoms with E-state index in [-0.39, 0.29) is 12.5 Å². The van der Waals surface area contributed by atoms with E-state index in [1.54, 1.807) is 0 Å². The van der Waals surface area contributed by atoms with Crippen LogP contribution in [0.1, 0.15) is 25.7 Å². The normalized spacial score (nSPS) is 11.6. The summed E-state index contributed by atoms with van der Waals surface area (Å²) in [7, 11) is 0. The molecule has 0 aliphatic carbocycles. The summed E-state index contributed by atoms with van der Waals surface area (Å²) < 4.78 is 35.3. The largest absolute Gasteiger partial charge is 0.401 e. The molecule has 0 heterocycles. The first kappa shape index (κ1) is 17.6. The van der Waals surface area contributed by atoms with Crippen molar-refractivity contribution in [2.75, 3.05) is 31.6 Å². The van der Waals surface area contributed by atoms with Gasteiger partial charge < -0.3 is 10.6 Å². The number of halogens is 3. The van der Waals surface area contributed by atoms with Gasteiger partial charge in [0.1, 0.15) is 0 Å². The topological polar surface area (TPSA) is 41.1 Å². The molecule has 2 N–H and O–H groups in total. The second-order valence-electron chi connectivity index (χ2n) is 3.98. The standard InChI is InChI=1S/C11H21F3N2OS/c1-18-7-5-3-2-4-6-16-10(17)8-15-9-11(12,13)14/h15H,2-9H2,1H3,(H,16,17). The van der Waals surface area contributed by atoms with Crippen molar-refractivity contribution >= 4 is 17.7 Å². The average molecular weight is 286 g/mol. The highest BCUT2D eigenvalue weighted by molar-refractivity contribution is 7.98. The maximum absolute atomic E-state index is 11.8. The summed E-state index contributed by atoms with van der Waals surface area (Å²) in [5.74, 6) is 0.761. The maximum atomic E-state index is 11.8. The monoisotopic (exact) mass is 286 g/mol. The molecule has 0 aromatic rings. The van der Waals surface area contributed by atoms with E-state index in [2.05, 4.69) is 16.9 Å². The molecule has 0 rings (SSSR count). The van der Waals surface area contributed by atoms with Crippen LogP contribution in [0.4, 0.5) is 13.2 Å². The van der Waals surface area contributed by atoms with E-state index in [4.69, 9.17) is 0 Å². The molecular weight excluding hydrogens is 265 g/mol. The molecule has 0 spiro atoms. The Hall–Kier alpha value is -0.430. The minimum absolute atomic E-state index is 0.286. The van der Waals surface area contributed by atoms with Gasteiger partial charge in [-0.1, -0.05) is 12.8 Å². The van der Waals surface area contributed by atoms with Crippen LogP contribution in [0.5, 0.6) is 0 Å². The second-order valence-corrected chi connectivity index (χ2v) is 4.96. The van der Waals surface area contributed by atoms with Crippen molar-refractivity contribution in [3.63, 3.8) is 0 Å². The summed E-state index contributed by atoms with van der Waals surface area (Å²) in [6, 6.07) is 0. The van der Waals surface area contributed by atoms with E-state index in [0.29, 0.717) is 6.54 Å². The zero-order chi connectivity index (χ0) is 13.9. The smallest absolute Gasteiger partial charge is 0.355 e. The summed E-state index contributed by atoms with van der Waals surface area (Å²) in [4.78, 5) is 11.1. The van der Waals surface area contributed by atoms with E-state index >= 15 is 0 Å². The van der Waals surface area contributed by atoms with Gasteiger partial charge in [-0.3, -0.25) is 4.79 Å². The summed E-state index contributed by atoms with van der Waals surface area (Å²) in [6.07, 6.45) is 2.01. The average Bonchev–Trinajstić information content (AvgIpc) is 2.26. The molecular formula is C11H21F3N2OS. The van der Waals surface area contributed by atoms with Gasteiger partial charge >= 0.3 is 6.18 Å². The summed E-state index contributed by atoms with van der Waals surface area (Å²) in [5, 5.41) is 4.64. The van der Waals surface area contributed by atoms with Crippen molar-refractivity contribution < 1.29 is 18.0 Å². The number of hydrogen-bond acceptors (Lipinski definition) is 3. The molecule has 0 aromatic heterocycles. The lowest BCUT2D eigenvalue weighted by Crippen LogP contribution is -2.38. The number of amides is 1. The Morgan fingerprint density at radius 3 is 2.44 bits per heavy atom. The lowest BCUT2D eigenvalue weighted by molar-refractivity contribution is -0.128. The van der Waals surface area contributed by atoms with Crippen LogP contribution < -0.4 is 10.6 Å². The van der Waals surface area contributed by atoms with Crippen LogP contribution in [0, 0.1) is 0 Å². The fourth-order valence-corrected chi connectivity index (χ4v) is 1.83. The zero-order valence-electron chi connectivity index (χ0n) is 10.6. The van der Waals surface area contributed by atoms with E-state index in [1.807, 2.05) is 11.8 Å². The molecule has 0 atom stereocenters. The number of nitrogens with one attached hydrogen (secondary N) is 2. The molecule has 0 saturated heterocycles. The van der Waals surface area contributed by atoms with Gasteiger partial charge in [0, 0.05) is 6.54 Å². The molecule has 1 amide bonds. The minimum Gasteiger partial charge on any atom is -0.355 e. The molecule has 0 aromatic carbocycles. The SMILES string of the molecule is CSCCCCCCNC(=O)CNCC(F)(F)F. The number of rotatable bonds is 10. The van der Waals surface area contributed by atoms with Gasteiger partial charge in [0.05, 0.1) is 13.1 Å². The Morgan fingerprint density at radius 2 is 1.83 bits per heavy atom. The Morgan fingerprint density at radius 1 is 1.17 bits per heavy atom. The number of carbonyl (C=O) groups excluding carboxylic acids is 1. The van der Waals surface area contributed by atoms with Gasteiger partial charge in [0.25, 0.3) is 0 Å². The van der Waals surface area contributed by atoms with Crippen LogP contribution in [-0.2, 0) is 4.79 Å². The first-order valence-corrected chi connectivity index (χ1v) is 7.38. The fourth-order valence-electron chi connectivity index (χ4n) is 1.33. The van der Waals surface area contributed by atoms with Crippen molar-refractivity contribution in [2.45, 2.75) is 31.9 Å². The highest BCUT2D eigenvalue weighted by atomic mass is 32.2. The summed E-state index contributed by atoms with van der Waals surface area (Å²) in [6.45, 7) is -0.882.